The van der Waals surface area contributed by atoms with Crippen molar-refractivity contribution in [2.75, 3.05) is 18.1 Å². The molecule has 0 saturated heterocycles. The number of ether oxygens (including phenoxy) is 1. The smallest absolute Gasteiger partial charge is 0.266 e. The quantitative estimate of drug-likeness (QED) is 0.716. The molecule has 0 aliphatic carbocycles. The number of rotatable bonds is 3. The van der Waals surface area contributed by atoms with Gasteiger partial charge in [-0.25, -0.2) is 9.97 Å². The molecule has 98 valence electrons. The van der Waals surface area contributed by atoms with Crippen molar-refractivity contribution >= 4 is 23.3 Å². The second kappa shape index (κ2) is 5.05. The lowest BCUT2D eigenvalue weighted by Crippen LogP contribution is -2.46. The summed E-state index contributed by atoms with van der Waals surface area (Å²) >= 11 is 5.36. The molecule has 2 N–H and O–H groups in total. The number of alkyl halides is 1. The Bertz CT molecular complexity index is 468. The van der Waals surface area contributed by atoms with E-state index < -0.39 is 11.7 Å². The molecule has 0 bridgehead atoms. The number of fused-ring (bicyclic) bond motifs is 1. The summed E-state index contributed by atoms with van der Waals surface area (Å²) in [6.45, 7) is 1.35. The van der Waals surface area contributed by atoms with Crippen LogP contribution in [-0.4, -0.2) is 50.9 Å². The Kier molecular flexibility index (Phi) is 3.65. The Morgan fingerprint density at radius 3 is 3.00 bits per heavy atom. The lowest BCUT2D eigenvalue weighted by atomic mass is 10.3. The van der Waals surface area contributed by atoms with Gasteiger partial charge in [0.1, 0.15) is 11.9 Å². The van der Waals surface area contributed by atoms with Crippen LogP contribution in [0.5, 0.6) is 5.75 Å². The molecule has 1 aromatic heterocycles. The normalized spacial score (nSPS) is 18.0. The molecule has 1 amide bonds. The van der Waals surface area contributed by atoms with Crippen LogP contribution in [0.3, 0.4) is 0 Å². The van der Waals surface area contributed by atoms with Gasteiger partial charge in [0.2, 0.25) is 0 Å². The predicted molar refractivity (Wildman–Crippen MR) is 62.5 cm³/mol. The SMILES string of the molecule is Cc1ncc2c(n1)N(CC(O)C(O)Cl)C(=O)CO2. The number of β-amino-alcohol motifs (C(OH)–C–C–N with tert-alkyl or cyclic N) is 1. The molecule has 2 atom stereocenters. The van der Waals surface area contributed by atoms with Crippen molar-refractivity contribution in [2.45, 2.75) is 18.6 Å². The molecular weight excluding hydrogens is 262 g/mol. The van der Waals surface area contributed by atoms with Crippen molar-refractivity contribution in [1.29, 1.82) is 0 Å². The zero-order valence-electron chi connectivity index (χ0n) is 9.58. The highest BCUT2D eigenvalue weighted by Crippen LogP contribution is 2.29. The van der Waals surface area contributed by atoms with Crippen molar-refractivity contribution in [3.8, 4) is 5.75 Å². The highest BCUT2D eigenvalue weighted by Gasteiger charge is 2.30. The first-order chi connectivity index (χ1) is 8.49. The van der Waals surface area contributed by atoms with Gasteiger partial charge < -0.3 is 14.9 Å². The molecule has 2 unspecified atom stereocenters. The summed E-state index contributed by atoms with van der Waals surface area (Å²) in [4.78, 5) is 21.0. The molecule has 7 nitrogen and oxygen atoms in total. The standard InChI is InChI=1S/C10H12ClN3O4/c1-5-12-2-7-10(13-5)14(8(16)4-18-7)3-6(15)9(11)17/h2,6,9,15,17H,3-4H2,1H3. The van der Waals surface area contributed by atoms with Crippen LogP contribution in [-0.2, 0) is 4.79 Å². The number of aryl methyl sites for hydroxylation is 1. The van der Waals surface area contributed by atoms with Gasteiger partial charge in [0.05, 0.1) is 12.7 Å². The summed E-state index contributed by atoms with van der Waals surface area (Å²) < 4.78 is 5.17. The van der Waals surface area contributed by atoms with Crippen LogP contribution in [0, 0.1) is 6.92 Å². The molecule has 0 radical (unpaired) electrons. The Labute approximate surface area is 108 Å². The first-order valence-electron chi connectivity index (χ1n) is 5.26. The molecule has 2 heterocycles. The van der Waals surface area contributed by atoms with E-state index in [9.17, 15) is 9.90 Å². The molecule has 1 aromatic rings. The minimum absolute atomic E-state index is 0.156. The summed E-state index contributed by atoms with van der Waals surface area (Å²) in [6.07, 6.45) is 0.192. The Hall–Kier alpha value is -1.44. The van der Waals surface area contributed by atoms with Crippen molar-refractivity contribution < 1.29 is 19.7 Å². The van der Waals surface area contributed by atoms with E-state index in [4.69, 9.17) is 21.4 Å². The van der Waals surface area contributed by atoms with Crippen LogP contribution in [0.25, 0.3) is 0 Å². The van der Waals surface area contributed by atoms with E-state index >= 15 is 0 Å². The van der Waals surface area contributed by atoms with Crippen molar-refractivity contribution in [2.24, 2.45) is 0 Å². The fraction of sp³-hybridized carbons (Fsp3) is 0.500. The fourth-order valence-corrected chi connectivity index (χ4v) is 1.62. The first kappa shape index (κ1) is 13.0. The average molecular weight is 274 g/mol. The third kappa shape index (κ3) is 2.53. The van der Waals surface area contributed by atoms with Crippen molar-refractivity contribution in [3.05, 3.63) is 12.0 Å². The fourth-order valence-electron chi connectivity index (χ4n) is 1.54. The third-order valence-corrected chi connectivity index (χ3v) is 2.74. The van der Waals surface area contributed by atoms with Gasteiger partial charge in [0, 0.05) is 0 Å². The molecule has 1 aliphatic rings. The Morgan fingerprint density at radius 1 is 1.61 bits per heavy atom. The van der Waals surface area contributed by atoms with Crippen LogP contribution in [0.15, 0.2) is 6.20 Å². The van der Waals surface area contributed by atoms with E-state index in [2.05, 4.69) is 9.97 Å². The van der Waals surface area contributed by atoms with E-state index in [0.717, 1.165) is 0 Å². The van der Waals surface area contributed by atoms with Gasteiger partial charge in [-0.3, -0.25) is 9.69 Å². The van der Waals surface area contributed by atoms with Crippen LogP contribution < -0.4 is 9.64 Å². The number of halogens is 1. The van der Waals surface area contributed by atoms with Gasteiger partial charge in [-0.1, -0.05) is 11.6 Å². The number of anilines is 1. The monoisotopic (exact) mass is 273 g/mol. The zero-order chi connectivity index (χ0) is 13.3. The van der Waals surface area contributed by atoms with Gasteiger partial charge in [-0.2, -0.15) is 0 Å². The lowest BCUT2D eigenvalue weighted by Gasteiger charge is -2.29. The molecule has 0 fully saturated rings. The van der Waals surface area contributed by atoms with E-state index in [1.807, 2.05) is 0 Å². The molecule has 0 aromatic carbocycles. The molecule has 8 heteroatoms. The average Bonchev–Trinajstić information content (AvgIpc) is 2.32. The number of hydrogen-bond acceptors (Lipinski definition) is 6. The van der Waals surface area contributed by atoms with Crippen LogP contribution in [0.2, 0.25) is 0 Å². The number of aliphatic hydroxyl groups is 2. The van der Waals surface area contributed by atoms with Crippen molar-refractivity contribution in [3.63, 3.8) is 0 Å². The molecule has 18 heavy (non-hydrogen) atoms. The Morgan fingerprint density at radius 2 is 2.33 bits per heavy atom. The summed E-state index contributed by atoms with van der Waals surface area (Å²) in [5.41, 5.74) is -1.45. The predicted octanol–water partition coefficient (Wildman–Crippen LogP) is -0.571. The lowest BCUT2D eigenvalue weighted by molar-refractivity contribution is -0.121. The highest BCUT2D eigenvalue weighted by atomic mass is 35.5. The number of nitrogens with zero attached hydrogens (tertiary/aromatic N) is 3. The summed E-state index contributed by atoms with van der Waals surface area (Å²) in [7, 11) is 0. The number of carbonyl (C=O) groups is 1. The third-order valence-electron chi connectivity index (χ3n) is 2.45. The molecular formula is C10H12ClN3O4. The number of aromatic nitrogens is 2. The van der Waals surface area contributed by atoms with E-state index in [1.54, 1.807) is 6.92 Å². The number of hydrogen-bond donors (Lipinski definition) is 2. The van der Waals surface area contributed by atoms with Crippen LogP contribution >= 0.6 is 11.6 Å². The maximum atomic E-state index is 11.7. The number of carbonyl (C=O) groups excluding carboxylic acids is 1. The maximum Gasteiger partial charge on any atom is 0.266 e. The van der Waals surface area contributed by atoms with E-state index in [-0.39, 0.29) is 24.9 Å². The molecule has 1 aliphatic heterocycles. The van der Waals surface area contributed by atoms with Gasteiger partial charge in [-0.15, -0.1) is 0 Å². The van der Waals surface area contributed by atoms with Crippen LogP contribution in [0.4, 0.5) is 5.82 Å². The van der Waals surface area contributed by atoms with Crippen molar-refractivity contribution in [1.82, 2.24) is 9.97 Å². The van der Waals surface area contributed by atoms with Gasteiger partial charge in [-0.05, 0) is 6.92 Å². The van der Waals surface area contributed by atoms with Gasteiger partial charge in [0.25, 0.3) is 5.91 Å². The van der Waals surface area contributed by atoms with E-state index in [0.29, 0.717) is 11.6 Å². The van der Waals surface area contributed by atoms with Gasteiger partial charge in [0.15, 0.2) is 23.7 Å². The minimum atomic E-state index is -1.45. The van der Waals surface area contributed by atoms with Crippen LogP contribution in [0.1, 0.15) is 5.82 Å². The maximum absolute atomic E-state index is 11.7. The topological polar surface area (TPSA) is 95.8 Å². The van der Waals surface area contributed by atoms with E-state index in [1.165, 1.54) is 11.1 Å². The molecule has 0 spiro atoms. The summed E-state index contributed by atoms with van der Waals surface area (Å²) in [6, 6.07) is 0. The summed E-state index contributed by atoms with van der Waals surface area (Å²) in [5.74, 6) is 0.738. The largest absolute Gasteiger partial charge is 0.478 e. The second-order valence-corrected chi connectivity index (χ2v) is 4.29. The number of aliphatic hydroxyl groups excluding tert-OH is 2. The zero-order valence-corrected chi connectivity index (χ0v) is 10.3. The second-order valence-electron chi connectivity index (χ2n) is 3.84. The van der Waals surface area contributed by atoms with Gasteiger partial charge >= 0.3 is 0 Å². The number of amides is 1. The molecule has 2 rings (SSSR count). The highest BCUT2D eigenvalue weighted by molar-refractivity contribution is 6.19. The Balaban J connectivity index is 2.30. The minimum Gasteiger partial charge on any atom is -0.478 e. The summed E-state index contributed by atoms with van der Waals surface area (Å²) in [5, 5.41) is 18.6. The molecule has 0 saturated carbocycles. The first-order valence-corrected chi connectivity index (χ1v) is 5.69.